The molecule has 0 saturated heterocycles. The quantitative estimate of drug-likeness (QED) is 0.278. The first-order chi connectivity index (χ1) is 21.3. The number of nitrogens with zero attached hydrogens (tertiary/aromatic N) is 5. The summed E-state index contributed by atoms with van der Waals surface area (Å²) in [5.41, 5.74) is 8.43. The first-order valence-corrected chi connectivity index (χ1v) is 15.6. The molecule has 10 nitrogen and oxygen atoms in total. The molecule has 0 bridgehead atoms. The zero-order chi connectivity index (χ0) is 30.8. The number of carbonyl (C=O) groups is 1. The van der Waals surface area contributed by atoms with Crippen molar-refractivity contribution in [2.24, 2.45) is 5.10 Å². The highest BCUT2D eigenvalue weighted by molar-refractivity contribution is 6.16. The predicted octanol–water partition coefficient (Wildman–Crippen LogP) is 4.52. The van der Waals surface area contributed by atoms with Crippen LogP contribution in [0, 0.1) is 6.92 Å². The summed E-state index contributed by atoms with van der Waals surface area (Å²) in [4.78, 5) is 31.4. The van der Waals surface area contributed by atoms with Crippen LogP contribution in [0.5, 0.6) is 0 Å². The normalized spacial score (nSPS) is 20.2. The number of aryl methyl sites for hydroxylation is 2. The second-order valence-electron chi connectivity index (χ2n) is 12.2. The van der Waals surface area contributed by atoms with Gasteiger partial charge in [0.2, 0.25) is 11.7 Å². The van der Waals surface area contributed by atoms with Gasteiger partial charge in [0.05, 0.1) is 36.6 Å². The van der Waals surface area contributed by atoms with E-state index in [2.05, 4.69) is 42.6 Å². The lowest BCUT2D eigenvalue weighted by molar-refractivity contribution is -0.119. The summed E-state index contributed by atoms with van der Waals surface area (Å²) < 4.78 is 9.72. The number of ether oxygens (including phenoxy) is 1. The average molecular weight is 597 g/mol. The minimum atomic E-state index is -0.316. The smallest absolute Gasteiger partial charge is 0.259 e. The maximum absolute atomic E-state index is 14.5. The van der Waals surface area contributed by atoms with Gasteiger partial charge in [0, 0.05) is 23.6 Å². The van der Waals surface area contributed by atoms with Crippen molar-refractivity contribution in [3.8, 4) is 11.1 Å². The molecule has 2 aromatic heterocycles. The number of carbonyl (C=O) groups excluding carboxylic acids is 1. The molecule has 2 aromatic carbocycles. The zero-order valence-corrected chi connectivity index (χ0v) is 25.7. The highest BCUT2D eigenvalue weighted by Gasteiger charge is 2.35. The Bertz CT molecular complexity index is 1770. The molecule has 44 heavy (non-hydrogen) atoms. The third-order valence-corrected chi connectivity index (χ3v) is 8.90. The van der Waals surface area contributed by atoms with E-state index in [1.807, 2.05) is 46.3 Å². The molecule has 1 saturated carbocycles. The van der Waals surface area contributed by atoms with Crippen LogP contribution < -0.4 is 11.0 Å². The number of benzene rings is 2. The van der Waals surface area contributed by atoms with Crippen LogP contribution >= 0.6 is 0 Å². The number of hydrogen-bond acceptors (Lipinski definition) is 7. The van der Waals surface area contributed by atoms with Crippen LogP contribution in [0.3, 0.4) is 0 Å². The standard InChI is InChI=1S/C34H40N6O4/c1-4-8-30-28(20-23-11-12-26(24-9-6-5-7-10-24)27(19-23)29-21-31(42)37-36-29)32(43)39(33-35-22(2)38-40(30)33)25-13-15-34(3,16-14-25)44-18-17-41/h5-7,9-12,19,25,41H,4,8,13-18,20-21H2,1-3H3,(H,37,42). The van der Waals surface area contributed by atoms with Crippen LogP contribution in [0.2, 0.25) is 0 Å². The SMILES string of the molecule is CCCc1c(Cc2ccc(-c3ccccc3)c(C3=NNC(=O)C3)c2)c(=O)n(C2CCC(C)(OCCO)CC2)c2nc(C)nn12. The highest BCUT2D eigenvalue weighted by Crippen LogP contribution is 2.37. The molecular weight excluding hydrogens is 556 g/mol. The van der Waals surface area contributed by atoms with Crippen molar-refractivity contribution in [2.45, 2.75) is 83.8 Å². The van der Waals surface area contributed by atoms with Crippen molar-refractivity contribution in [1.29, 1.82) is 0 Å². The molecule has 6 rings (SSSR count). The van der Waals surface area contributed by atoms with Gasteiger partial charge in [-0.15, -0.1) is 0 Å². The van der Waals surface area contributed by atoms with Crippen molar-refractivity contribution < 1.29 is 14.6 Å². The summed E-state index contributed by atoms with van der Waals surface area (Å²) >= 11 is 0. The van der Waals surface area contributed by atoms with E-state index in [-0.39, 0.29) is 36.1 Å². The van der Waals surface area contributed by atoms with Crippen LogP contribution in [0.15, 0.2) is 58.4 Å². The van der Waals surface area contributed by atoms with Crippen LogP contribution in [-0.2, 0) is 22.4 Å². The second kappa shape index (κ2) is 12.5. The maximum Gasteiger partial charge on any atom is 0.259 e. The Morgan fingerprint density at radius 1 is 1.09 bits per heavy atom. The van der Waals surface area contributed by atoms with Gasteiger partial charge in [0.1, 0.15) is 5.82 Å². The molecule has 0 spiro atoms. The van der Waals surface area contributed by atoms with Gasteiger partial charge >= 0.3 is 0 Å². The molecule has 2 aliphatic rings. The molecule has 1 fully saturated rings. The van der Waals surface area contributed by atoms with Gasteiger partial charge in [-0.2, -0.15) is 15.2 Å². The van der Waals surface area contributed by atoms with Gasteiger partial charge in [-0.3, -0.25) is 14.2 Å². The maximum atomic E-state index is 14.5. The Labute approximate surface area is 256 Å². The number of hydrogen-bond donors (Lipinski definition) is 2. The Morgan fingerprint density at radius 2 is 1.86 bits per heavy atom. The van der Waals surface area contributed by atoms with Gasteiger partial charge < -0.3 is 9.84 Å². The van der Waals surface area contributed by atoms with E-state index in [0.717, 1.165) is 65.6 Å². The predicted molar refractivity (Wildman–Crippen MR) is 169 cm³/mol. The number of fused-ring (bicyclic) bond motifs is 1. The molecule has 10 heteroatoms. The number of hydrazone groups is 1. The molecule has 0 unspecified atom stereocenters. The average Bonchev–Trinajstić information content (AvgIpc) is 3.64. The Balaban J connectivity index is 1.43. The van der Waals surface area contributed by atoms with Crippen LogP contribution in [-0.4, -0.2) is 54.7 Å². The molecule has 1 aliphatic heterocycles. The highest BCUT2D eigenvalue weighted by atomic mass is 16.5. The molecule has 2 N–H and O–H groups in total. The summed E-state index contributed by atoms with van der Waals surface area (Å²) in [6.07, 6.45) is 5.30. The fourth-order valence-corrected chi connectivity index (χ4v) is 6.67. The summed E-state index contributed by atoms with van der Waals surface area (Å²) in [6, 6.07) is 16.2. The van der Waals surface area contributed by atoms with Crippen LogP contribution in [0.25, 0.3) is 16.9 Å². The summed E-state index contributed by atoms with van der Waals surface area (Å²) in [5.74, 6) is 1.09. The molecular formula is C34H40N6O4. The third-order valence-electron chi connectivity index (χ3n) is 8.90. The van der Waals surface area contributed by atoms with E-state index in [1.165, 1.54) is 0 Å². The van der Waals surface area contributed by atoms with Gasteiger partial charge in [0.25, 0.3) is 5.56 Å². The zero-order valence-electron chi connectivity index (χ0n) is 25.7. The molecule has 1 aliphatic carbocycles. The summed E-state index contributed by atoms with van der Waals surface area (Å²) in [7, 11) is 0. The summed E-state index contributed by atoms with van der Waals surface area (Å²) in [6.45, 7) is 6.36. The largest absolute Gasteiger partial charge is 0.394 e. The van der Waals surface area contributed by atoms with E-state index < -0.39 is 0 Å². The molecule has 3 heterocycles. The van der Waals surface area contributed by atoms with E-state index in [1.54, 1.807) is 0 Å². The number of aliphatic hydroxyl groups excluding tert-OH is 1. The van der Waals surface area contributed by atoms with Crippen molar-refractivity contribution in [3.05, 3.63) is 87.1 Å². The fourth-order valence-electron chi connectivity index (χ4n) is 6.67. The first kappa shape index (κ1) is 29.9. The Kier molecular flexibility index (Phi) is 8.46. The molecule has 0 atom stereocenters. The lowest BCUT2D eigenvalue weighted by Gasteiger charge is -2.38. The van der Waals surface area contributed by atoms with Gasteiger partial charge in [-0.25, -0.2) is 9.94 Å². The van der Waals surface area contributed by atoms with Crippen LogP contribution in [0.1, 0.15) is 86.6 Å². The van der Waals surface area contributed by atoms with Crippen molar-refractivity contribution in [2.75, 3.05) is 13.2 Å². The number of rotatable bonds is 10. The molecule has 230 valence electrons. The Hall–Kier alpha value is -4.15. The first-order valence-electron chi connectivity index (χ1n) is 15.6. The summed E-state index contributed by atoms with van der Waals surface area (Å²) in [5, 5.41) is 18.4. The molecule has 4 aromatic rings. The van der Waals surface area contributed by atoms with Gasteiger partial charge in [-0.05, 0) is 68.7 Å². The number of amides is 1. The van der Waals surface area contributed by atoms with Crippen molar-refractivity contribution >= 4 is 17.4 Å². The van der Waals surface area contributed by atoms with Crippen molar-refractivity contribution in [3.63, 3.8) is 0 Å². The van der Waals surface area contributed by atoms with Crippen molar-refractivity contribution in [1.82, 2.24) is 24.6 Å². The molecule has 1 amide bonds. The monoisotopic (exact) mass is 596 g/mol. The second-order valence-corrected chi connectivity index (χ2v) is 12.2. The minimum Gasteiger partial charge on any atom is -0.394 e. The van der Waals surface area contributed by atoms with E-state index in [4.69, 9.17) is 14.8 Å². The third kappa shape index (κ3) is 5.84. The van der Waals surface area contributed by atoms with E-state index in [9.17, 15) is 14.7 Å². The van der Waals surface area contributed by atoms with E-state index >= 15 is 0 Å². The topological polar surface area (TPSA) is 123 Å². The lowest BCUT2D eigenvalue weighted by atomic mass is 9.83. The van der Waals surface area contributed by atoms with Gasteiger partial charge in [0.15, 0.2) is 0 Å². The number of aromatic nitrogens is 4. The number of aliphatic hydroxyl groups is 1. The minimum absolute atomic E-state index is 0.00538. The molecule has 0 radical (unpaired) electrons. The van der Waals surface area contributed by atoms with Gasteiger partial charge in [-0.1, -0.05) is 55.8 Å². The van der Waals surface area contributed by atoms with E-state index in [0.29, 0.717) is 36.8 Å². The van der Waals surface area contributed by atoms with Crippen LogP contribution in [0.4, 0.5) is 0 Å². The Morgan fingerprint density at radius 3 is 2.55 bits per heavy atom. The fraction of sp³-hybridized carbons (Fsp3) is 0.441. The lowest BCUT2D eigenvalue weighted by Crippen LogP contribution is -2.39. The number of nitrogens with one attached hydrogen (secondary N) is 1.